The van der Waals surface area contributed by atoms with Crippen molar-refractivity contribution in [3.8, 4) is 0 Å². The molecule has 1 amide bonds. The quantitative estimate of drug-likeness (QED) is 0.926. The van der Waals surface area contributed by atoms with Gasteiger partial charge in [-0.05, 0) is 32.6 Å². The molecule has 1 saturated carbocycles. The van der Waals surface area contributed by atoms with Crippen LogP contribution in [0.1, 0.15) is 67.3 Å². The Morgan fingerprint density at radius 3 is 2.52 bits per heavy atom. The molecule has 0 aromatic carbocycles. The van der Waals surface area contributed by atoms with Gasteiger partial charge in [0.1, 0.15) is 5.56 Å². The molecule has 1 aromatic heterocycles. The van der Waals surface area contributed by atoms with Crippen LogP contribution in [0.15, 0.2) is 4.52 Å². The van der Waals surface area contributed by atoms with Crippen LogP contribution in [-0.2, 0) is 0 Å². The summed E-state index contributed by atoms with van der Waals surface area (Å²) in [6.45, 7) is 8.08. The number of carbonyl (C=O) groups excluding carboxylic acids is 1. The Balaban J connectivity index is 1.60. The molecule has 0 radical (unpaired) electrons. The molecule has 116 valence electrons. The van der Waals surface area contributed by atoms with Crippen LogP contribution in [-0.4, -0.2) is 41.1 Å². The fraction of sp³-hybridized carbons (Fsp3) is 0.750. The van der Waals surface area contributed by atoms with E-state index in [9.17, 15) is 4.79 Å². The van der Waals surface area contributed by atoms with Crippen molar-refractivity contribution in [1.82, 2.24) is 15.4 Å². The minimum absolute atomic E-state index is 0.0256. The molecule has 2 fully saturated rings. The predicted molar refractivity (Wildman–Crippen MR) is 80.4 cm³/mol. The lowest BCUT2D eigenvalue weighted by atomic mass is 10.0. The number of amides is 1. The third-order valence-corrected chi connectivity index (χ3v) is 4.57. The second-order valence-electron chi connectivity index (χ2n) is 6.68. The van der Waals surface area contributed by atoms with Crippen LogP contribution in [0.4, 0.5) is 0 Å². The molecule has 5 nitrogen and oxygen atoms in total. The predicted octanol–water partition coefficient (Wildman–Crippen LogP) is 2.46. The summed E-state index contributed by atoms with van der Waals surface area (Å²) in [7, 11) is 0. The number of carbonyl (C=O) groups is 1. The van der Waals surface area contributed by atoms with E-state index in [4.69, 9.17) is 4.52 Å². The molecule has 1 aromatic rings. The third kappa shape index (κ3) is 3.12. The highest BCUT2D eigenvalue weighted by Gasteiger charge is 2.32. The average Bonchev–Trinajstić information content (AvgIpc) is 3.22. The van der Waals surface area contributed by atoms with Gasteiger partial charge in [-0.2, -0.15) is 0 Å². The Hall–Kier alpha value is -1.36. The summed E-state index contributed by atoms with van der Waals surface area (Å²) in [5, 5.41) is 7.12. The van der Waals surface area contributed by atoms with E-state index in [-0.39, 0.29) is 17.9 Å². The minimum atomic E-state index is -0.0256. The van der Waals surface area contributed by atoms with Gasteiger partial charge in [0.05, 0.1) is 5.69 Å². The SMILES string of the molecule is Cc1noc(C(C)C)c1C(=O)NC1CCN(C2CC2)CC1. The van der Waals surface area contributed by atoms with Gasteiger partial charge in [0, 0.05) is 31.1 Å². The molecule has 1 N–H and O–H groups in total. The Labute approximate surface area is 126 Å². The Morgan fingerprint density at radius 1 is 1.29 bits per heavy atom. The number of aryl methyl sites for hydroxylation is 1. The minimum Gasteiger partial charge on any atom is -0.360 e. The van der Waals surface area contributed by atoms with Crippen molar-refractivity contribution < 1.29 is 9.32 Å². The van der Waals surface area contributed by atoms with Crippen LogP contribution in [0.5, 0.6) is 0 Å². The van der Waals surface area contributed by atoms with Crippen molar-refractivity contribution in [3.63, 3.8) is 0 Å². The summed E-state index contributed by atoms with van der Waals surface area (Å²) in [5.41, 5.74) is 1.32. The molecule has 1 aliphatic heterocycles. The van der Waals surface area contributed by atoms with Crippen LogP contribution in [0.2, 0.25) is 0 Å². The van der Waals surface area contributed by atoms with Crippen LogP contribution in [0.25, 0.3) is 0 Å². The summed E-state index contributed by atoms with van der Waals surface area (Å²) in [5.74, 6) is 0.839. The van der Waals surface area contributed by atoms with Gasteiger partial charge < -0.3 is 14.7 Å². The Morgan fingerprint density at radius 2 is 1.95 bits per heavy atom. The van der Waals surface area contributed by atoms with Crippen LogP contribution in [0.3, 0.4) is 0 Å². The molecule has 21 heavy (non-hydrogen) atoms. The maximum atomic E-state index is 12.5. The molecule has 0 bridgehead atoms. The lowest BCUT2D eigenvalue weighted by Gasteiger charge is -2.32. The Bertz CT molecular complexity index is 512. The number of nitrogens with zero attached hydrogens (tertiary/aromatic N) is 2. The molecular formula is C16H25N3O2. The van der Waals surface area contributed by atoms with E-state index >= 15 is 0 Å². The number of rotatable bonds is 4. The van der Waals surface area contributed by atoms with Crippen LogP contribution >= 0.6 is 0 Å². The zero-order valence-corrected chi connectivity index (χ0v) is 13.2. The largest absolute Gasteiger partial charge is 0.360 e. The maximum Gasteiger partial charge on any atom is 0.257 e. The summed E-state index contributed by atoms with van der Waals surface area (Å²) in [4.78, 5) is 15.1. The maximum absolute atomic E-state index is 12.5. The zero-order valence-electron chi connectivity index (χ0n) is 13.2. The number of hydrogen-bond donors (Lipinski definition) is 1. The van der Waals surface area contributed by atoms with Gasteiger partial charge in [-0.25, -0.2) is 0 Å². The molecule has 3 rings (SSSR count). The first-order valence-corrected chi connectivity index (χ1v) is 8.07. The van der Waals surface area contributed by atoms with Gasteiger partial charge in [-0.1, -0.05) is 19.0 Å². The number of likely N-dealkylation sites (tertiary alicyclic amines) is 1. The highest BCUT2D eigenvalue weighted by Crippen LogP contribution is 2.29. The fourth-order valence-corrected chi connectivity index (χ4v) is 3.16. The van der Waals surface area contributed by atoms with Crippen LogP contribution < -0.4 is 5.32 Å². The normalized spacial score (nSPS) is 21.0. The molecular weight excluding hydrogens is 266 g/mol. The Kier molecular flexibility index (Phi) is 4.02. The van der Waals surface area contributed by atoms with Gasteiger partial charge in [-0.3, -0.25) is 4.79 Å². The lowest BCUT2D eigenvalue weighted by Crippen LogP contribution is -2.45. The molecule has 1 saturated heterocycles. The van der Waals surface area contributed by atoms with Crippen molar-refractivity contribution >= 4 is 5.91 Å². The topological polar surface area (TPSA) is 58.4 Å². The van der Waals surface area contributed by atoms with E-state index in [1.165, 1.54) is 12.8 Å². The average molecular weight is 291 g/mol. The van der Waals surface area contributed by atoms with Crippen molar-refractivity contribution in [1.29, 1.82) is 0 Å². The molecule has 1 aliphatic carbocycles. The second kappa shape index (κ2) is 5.79. The van der Waals surface area contributed by atoms with Gasteiger partial charge in [0.25, 0.3) is 5.91 Å². The van der Waals surface area contributed by atoms with E-state index in [0.29, 0.717) is 17.0 Å². The number of nitrogens with one attached hydrogen (secondary N) is 1. The number of aromatic nitrogens is 1. The highest BCUT2D eigenvalue weighted by atomic mass is 16.5. The summed E-state index contributed by atoms with van der Waals surface area (Å²) >= 11 is 0. The molecule has 2 heterocycles. The molecule has 5 heteroatoms. The van der Waals surface area contributed by atoms with Crippen LogP contribution in [0, 0.1) is 6.92 Å². The van der Waals surface area contributed by atoms with Crippen molar-refractivity contribution in [2.45, 2.75) is 64.5 Å². The van der Waals surface area contributed by atoms with Gasteiger partial charge >= 0.3 is 0 Å². The summed E-state index contributed by atoms with van der Waals surface area (Å²) in [6, 6.07) is 1.11. The number of hydrogen-bond acceptors (Lipinski definition) is 4. The second-order valence-corrected chi connectivity index (χ2v) is 6.68. The first-order valence-electron chi connectivity index (χ1n) is 8.07. The molecule has 0 spiro atoms. The van der Waals surface area contributed by atoms with Gasteiger partial charge in [0.2, 0.25) is 0 Å². The van der Waals surface area contributed by atoms with E-state index in [1.807, 2.05) is 20.8 Å². The monoisotopic (exact) mass is 291 g/mol. The van der Waals surface area contributed by atoms with E-state index in [0.717, 1.165) is 32.0 Å². The summed E-state index contributed by atoms with van der Waals surface area (Å²) < 4.78 is 5.30. The first kappa shape index (κ1) is 14.6. The smallest absolute Gasteiger partial charge is 0.257 e. The first-order chi connectivity index (χ1) is 10.1. The van der Waals surface area contributed by atoms with Gasteiger partial charge in [-0.15, -0.1) is 0 Å². The highest BCUT2D eigenvalue weighted by molar-refractivity contribution is 5.96. The summed E-state index contributed by atoms with van der Waals surface area (Å²) in [6.07, 6.45) is 4.80. The zero-order chi connectivity index (χ0) is 15.0. The van der Waals surface area contributed by atoms with Crippen molar-refractivity contribution in [3.05, 3.63) is 17.0 Å². The van der Waals surface area contributed by atoms with Crippen molar-refractivity contribution in [2.24, 2.45) is 0 Å². The third-order valence-electron chi connectivity index (χ3n) is 4.57. The van der Waals surface area contributed by atoms with Crippen molar-refractivity contribution in [2.75, 3.05) is 13.1 Å². The van der Waals surface area contributed by atoms with E-state index in [1.54, 1.807) is 0 Å². The van der Waals surface area contributed by atoms with Gasteiger partial charge in [0.15, 0.2) is 5.76 Å². The van der Waals surface area contributed by atoms with E-state index in [2.05, 4.69) is 15.4 Å². The molecule has 0 atom stereocenters. The standard InChI is InChI=1S/C16H25N3O2/c1-10(2)15-14(11(3)18-21-15)16(20)17-12-6-8-19(9-7-12)13-4-5-13/h10,12-13H,4-9H2,1-3H3,(H,17,20). The molecule has 2 aliphatic rings. The lowest BCUT2D eigenvalue weighted by molar-refractivity contribution is 0.0906. The number of piperidine rings is 1. The molecule has 0 unspecified atom stereocenters. The fourth-order valence-electron chi connectivity index (χ4n) is 3.16. The van der Waals surface area contributed by atoms with E-state index < -0.39 is 0 Å².